The molecule has 0 aliphatic heterocycles. The molecule has 4 heteroatoms. The van der Waals surface area contributed by atoms with Crippen LogP contribution in [0.15, 0.2) is 85.1 Å². The number of rotatable bonds is 6. The van der Waals surface area contributed by atoms with E-state index >= 15 is 0 Å². The molecule has 0 fully saturated rings. The van der Waals surface area contributed by atoms with Crippen LogP contribution in [-0.4, -0.2) is 17.9 Å². The van der Waals surface area contributed by atoms with E-state index in [1.165, 1.54) is 0 Å². The van der Waals surface area contributed by atoms with E-state index in [0.29, 0.717) is 23.6 Å². The monoisotopic (exact) mass is 369 g/mol. The summed E-state index contributed by atoms with van der Waals surface area (Å²) in [6, 6.07) is 24.6. The fraction of sp³-hybridized carbons (Fsp3) is 0.0833. The zero-order chi connectivity index (χ0) is 19.3. The Morgan fingerprint density at radius 1 is 0.893 bits per heavy atom. The third-order valence-electron chi connectivity index (χ3n) is 4.55. The molecule has 0 N–H and O–H groups in total. The number of hydrogen-bond donors (Lipinski definition) is 0. The lowest BCUT2D eigenvalue weighted by molar-refractivity contribution is 0.103. The molecule has 3 aromatic carbocycles. The first-order valence-electron chi connectivity index (χ1n) is 8.99. The number of methoxy groups -OCH3 is 1. The van der Waals surface area contributed by atoms with Gasteiger partial charge in [0, 0.05) is 17.1 Å². The van der Waals surface area contributed by atoms with Crippen LogP contribution in [0.2, 0.25) is 0 Å². The number of carbonyl (C=O) groups is 1. The predicted molar refractivity (Wildman–Crippen MR) is 109 cm³/mol. The van der Waals surface area contributed by atoms with Crippen molar-refractivity contribution in [3.63, 3.8) is 0 Å². The zero-order valence-corrected chi connectivity index (χ0v) is 15.5. The Morgan fingerprint density at radius 2 is 1.64 bits per heavy atom. The van der Waals surface area contributed by atoms with E-state index < -0.39 is 0 Å². The van der Waals surface area contributed by atoms with Crippen molar-refractivity contribution in [3.8, 4) is 11.5 Å². The smallest absolute Gasteiger partial charge is 0.211 e. The van der Waals surface area contributed by atoms with Gasteiger partial charge in [-0.1, -0.05) is 30.3 Å². The van der Waals surface area contributed by atoms with Gasteiger partial charge in [0.05, 0.1) is 7.11 Å². The SMILES string of the molecule is COc1ccc(C(=O)c2nccc3cc(OCc4ccccc4)ccc23)cc1. The summed E-state index contributed by atoms with van der Waals surface area (Å²) in [7, 11) is 1.60. The van der Waals surface area contributed by atoms with Gasteiger partial charge in [-0.25, -0.2) is 0 Å². The summed E-state index contributed by atoms with van der Waals surface area (Å²) in [6.07, 6.45) is 1.65. The molecular weight excluding hydrogens is 350 g/mol. The summed E-state index contributed by atoms with van der Waals surface area (Å²) in [5, 5.41) is 1.72. The molecule has 0 atom stereocenters. The van der Waals surface area contributed by atoms with Gasteiger partial charge in [0.2, 0.25) is 5.78 Å². The summed E-state index contributed by atoms with van der Waals surface area (Å²) < 4.78 is 11.0. The zero-order valence-electron chi connectivity index (χ0n) is 15.5. The Bertz CT molecular complexity index is 1110. The maximum atomic E-state index is 12.9. The molecule has 1 aromatic heterocycles. The van der Waals surface area contributed by atoms with Crippen molar-refractivity contribution in [2.75, 3.05) is 7.11 Å². The molecule has 0 spiro atoms. The minimum absolute atomic E-state index is 0.119. The molecule has 0 radical (unpaired) electrons. The van der Waals surface area contributed by atoms with Crippen molar-refractivity contribution < 1.29 is 14.3 Å². The number of ether oxygens (including phenoxy) is 2. The first kappa shape index (κ1) is 17.7. The lowest BCUT2D eigenvalue weighted by Gasteiger charge is -2.09. The van der Waals surface area contributed by atoms with Crippen molar-refractivity contribution in [3.05, 3.63) is 102 Å². The average molecular weight is 369 g/mol. The van der Waals surface area contributed by atoms with E-state index in [2.05, 4.69) is 4.98 Å². The van der Waals surface area contributed by atoms with E-state index in [4.69, 9.17) is 9.47 Å². The standard InChI is InChI=1S/C24H19NO3/c1-27-20-9-7-18(8-10-20)24(26)23-22-12-11-21(15-19(22)13-14-25-23)28-16-17-5-3-2-4-6-17/h2-15H,16H2,1H3. The fourth-order valence-electron chi connectivity index (χ4n) is 3.05. The van der Waals surface area contributed by atoms with Gasteiger partial charge in [0.15, 0.2) is 0 Å². The highest BCUT2D eigenvalue weighted by molar-refractivity contribution is 6.15. The highest BCUT2D eigenvalue weighted by atomic mass is 16.5. The summed E-state index contributed by atoms with van der Waals surface area (Å²) in [5.41, 5.74) is 2.11. The Balaban J connectivity index is 1.60. The largest absolute Gasteiger partial charge is 0.497 e. The number of benzene rings is 3. The third-order valence-corrected chi connectivity index (χ3v) is 4.55. The van der Waals surface area contributed by atoms with Crippen molar-refractivity contribution in [2.24, 2.45) is 0 Å². The first-order valence-corrected chi connectivity index (χ1v) is 8.99. The molecular formula is C24H19NO3. The number of hydrogen-bond acceptors (Lipinski definition) is 4. The van der Waals surface area contributed by atoms with Crippen LogP contribution in [-0.2, 0) is 6.61 Å². The van der Waals surface area contributed by atoms with E-state index in [1.54, 1.807) is 37.6 Å². The predicted octanol–water partition coefficient (Wildman–Crippen LogP) is 5.05. The molecule has 0 saturated heterocycles. The fourth-order valence-corrected chi connectivity index (χ4v) is 3.05. The third kappa shape index (κ3) is 3.71. The molecule has 0 amide bonds. The topological polar surface area (TPSA) is 48.4 Å². The van der Waals surface area contributed by atoms with Crippen molar-refractivity contribution in [1.82, 2.24) is 4.98 Å². The maximum Gasteiger partial charge on any atom is 0.211 e. The van der Waals surface area contributed by atoms with Crippen LogP contribution in [0.25, 0.3) is 10.8 Å². The van der Waals surface area contributed by atoms with Gasteiger partial charge in [-0.3, -0.25) is 9.78 Å². The number of nitrogens with zero attached hydrogens (tertiary/aromatic N) is 1. The van der Waals surface area contributed by atoms with Gasteiger partial charge in [-0.15, -0.1) is 0 Å². The van der Waals surface area contributed by atoms with Crippen LogP contribution in [0.4, 0.5) is 0 Å². The summed E-state index contributed by atoms with van der Waals surface area (Å²) in [4.78, 5) is 17.2. The molecule has 4 aromatic rings. The second-order valence-corrected chi connectivity index (χ2v) is 6.37. The summed E-state index contributed by atoms with van der Waals surface area (Å²) >= 11 is 0. The first-order chi connectivity index (χ1) is 13.7. The molecule has 4 nitrogen and oxygen atoms in total. The molecule has 0 aliphatic carbocycles. The Morgan fingerprint density at radius 3 is 2.39 bits per heavy atom. The minimum Gasteiger partial charge on any atom is -0.497 e. The Kier molecular flexibility index (Phi) is 5.02. The Labute approximate surface area is 163 Å². The van der Waals surface area contributed by atoms with Gasteiger partial charge in [0.1, 0.15) is 23.8 Å². The van der Waals surface area contributed by atoms with Crippen molar-refractivity contribution in [2.45, 2.75) is 6.61 Å². The average Bonchev–Trinajstić information content (AvgIpc) is 2.77. The molecule has 0 saturated carbocycles. The number of ketones is 1. The van der Waals surface area contributed by atoms with Crippen LogP contribution < -0.4 is 9.47 Å². The molecule has 28 heavy (non-hydrogen) atoms. The lowest BCUT2D eigenvalue weighted by Crippen LogP contribution is -2.05. The summed E-state index contributed by atoms with van der Waals surface area (Å²) in [6.45, 7) is 0.495. The van der Waals surface area contributed by atoms with Crippen molar-refractivity contribution >= 4 is 16.6 Å². The van der Waals surface area contributed by atoms with Gasteiger partial charge in [-0.05, 0) is 59.5 Å². The van der Waals surface area contributed by atoms with E-state index in [-0.39, 0.29) is 5.78 Å². The van der Waals surface area contributed by atoms with Gasteiger partial charge in [-0.2, -0.15) is 0 Å². The van der Waals surface area contributed by atoms with E-state index in [0.717, 1.165) is 22.1 Å². The maximum absolute atomic E-state index is 12.9. The van der Waals surface area contributed by atoms with Gasteiger partial charge < -0.3 is 9.47 Å². The number of pyridine rings is 1. The van der Waals surface area contributed by atoms with Gasteiger partial charge in [0.25, 0.3) is 0 Å². The van der Waals surface area contributed by atoms with Crippen LogP contribution in [0.1, 0.15) is 21.6 Å². The molecule has 0 aliphatic rings. The summed E-state index contributed by atoms with van der Waals surface area (Å²) in [5.74, 6) is 1.35. The normalized spacial score (nSPS) is 10.6. The van der Waals surface area contributed by atoms with Crippen LogP contribution in [0, 0.1) is 0 Å². The highest BCUT2D eigenvalue weighted by Gasteiger charge is 2.14. The van der Waals surface area contributed by atoms with E-state index in [1.807, 2.05) is 54.6 Å². The lowest BCUT2D eigenvalue weighted by atomic mass is 10.0. The number of carbonyl (C=O) groups excluding carboxylic acids is 1. The Hall–Kier alpha value is -3.66. The van der Waals surface area contributed by atoms with Crippen LogP contribution in [0.5, 0.6) is 11.5 Å². The number of fused-ring (bicyclic) bond motifs is 1. The van der Waals surface area contributed by atoms with E-state index in [9.17, 15) is 4.79 Å². The van der Waals surface area contributed by atoms with Crippen molar-refractivity contribution in [1.29, 1.82) is 0 Å². The highest BCUT2D eigenvalue weighted by Crippen LogP contribution is 2.25. The molecule has 4 rings (SSSR count). The molecule has 0 unspecified atom stereocenters. The van der Waals surface area contributed by atoms with Gasteiger partial charge >= 0.3 is 0 Å². The minimum atomic E-state index is -0.119. The second-order valence-electron chi connectivity index (χ2n) is 6.37. The number of aromatic nitrogens is 1. The quantitative estimate of drug-likeness (QED) is 0.446. The van der Waals surface area contributed by atoms with Crippen LogP contribution >= 0.6 is 0 Å². The molecule has 0 bridgehead atoms. The molecule has 138 valence electrons. The molecule has 1 heterocycles. The second kappa shape index (κ2) is 7.92. The van der Waals surface area contributed by atoms with Crippen LogP contribution in [0.3, 0.4) is 0 Å².